The lowest BCUT2D eigenvalue weighted by Crippen LogP contribution is -2.30. The molecule has 0 fully saturated rings. The van der Waals surface area contributed by atoms with Crippen LogP contribution in [0.15, 0.2) is 18.2 Å². The van der Waals surface area contributed by atoms with Crippen LogP contribution in [0.25, 0.3) is 0 Å². The normalized spacial score (nSPS) is 12.6. The molecule has 1 atom stereocenters. The third-order valence-electron chi connectivity index (χ3n) is 2.89. The van der Waals surface area contributed by atoms with Crippen molar-refractivity contribution in [1.29, 1.82) is 0 Å². The van der Waals surface area contributed by atoms with Crippen molar-refractivity contribution in [3.8, 4) is 0 Å². The number of aryl methyl sites for hydroxylation is 1. The summed E-state index contributed by atoms with van der Waals surface area (Å²) in [6.07, 6.45) is 1.17. The SMILES string of the molecule is CCc1nnsc1C(Cc1cccc(Cl)c1F)NN. The predicted octanol–water partition coefficient (Wildman–Crippen LogP) is 2.64. The van der Waals surface area contributed by atoms with Crippen LogP contribution in [0.1, 0.15) is 29.1 Å². The van der Waals surface area contributed by atoms with E-state index in [1.807, 2.05) is 6.92 Å². The van der Waals surface area contributed by atoms with Gasteiger partial charge in [0.1, 0.15) is 5.82 Å². The molecule has 1 unspecified atom stereocenters. The summed E-state index contributed by atoms with van der Waals surface area (Å²) in [6, 6.07) is 4.73. The van der Waals surface area contributed by atoms with Crippen molar-refractivity contribution in [3.63, 3.8) is 0 Å². The van der Waals surface area contributed by atoms with Crippen LogP contribution in [-0.4, -0.2) is 9.59 Å². The number of hydrogen-bond acceptors (Lipinski definition) is 5. The molecule has 0 saturated heterocycles. The van der Waals surface area contributed by atoms with E-state index < -0.39 is 5.82 Å². The molecule has 0 radical (unpaired) electrons. The van der Waals surface area contributed by atoms with Gasteiger partial charge in [0.2, 0.25) is 0 Å². The summed E-state index contributed by atoms with van der Waals surface area (Å²) in [6.45, 7) is 1.99. The Bertz CT molecular complexity index is 560. The number of rotatable bonds is 5. The van der Waals surface area contributed by atoms with Crippen LogP contribution in [0.4, 0.5) is 4.39 Å². The Hall–Kier alpha value is -1.08. The number of hydrogen-bond donors (Lipinski definition) is 2. The molecule has 1 heterocycles. The highest BCUT2D eigenvalue weighted by atomic mass is 35.5. The van der Waals surface area contributed by atoms with Crippen molar-refractivity contribution < 1.29 is 4.39 Å². The molecule has 0 saturated carbocycles. The van der Waals surface area contributed by atoms with E-state index in [4.69, 9.17) is 17.4 Å². The van der Waals surface area contributed by atoms with Crippen LogP contribution in [0.2, 0.25) is 5.02 Å². The molecular weight excluding hydrogens is 287 g/mol. The summed E-state index contributed by atoms with van der Waals surface area (Å²) in [5.74, 6) is 5.17. The van der Waals surface area contributed by atoms with E-state index in [9.17, 15) is 4.39 Å². The fourth-order valence-electron chi connectivity index (χ4n) is 1.88. The zero-order chi connectivity index (χ0) is 13.8. The second-order valence-electron chi connectivity index (χ2n) is 4.07. The quantitative estimate of drug-likeness (QED) is 0.658. The number of nitrogens with zero attached hydrogens (tertiary/aromatic N) is 2. The second kappa shape index (κ2) is 6.38. The minimum Gasteiger partial charge on any atom is -0.271 e. The molecule has 1 aromatic carbocycles. The molecule has 2 rings (SSSR count). The van der Waals surface area contributed by atoms with E-state index in [0.717, 1.165) is 17.0 Å². The number of halogens is 2. The summed E-state index contributed by atoms with van der Waals surface area (Å²) in [4.78, 5) is 0.935. The van der Waals surface area contributed by atoms with Gasteiger partial charge in [0, 0.05) is 0 Å². The first kappa shape index (κ1) is 14.3. The lowest BCUT2D eigenvalue weighted by Gasteiger charge is -2.15. The highest BCUT2D eigenvalue weighted by Gasteiger charge is 2.19. The van der Waals surface area contributed by atoms with Gasteiger partial charge in [-0.25, -0.2) is 4.39 Å². The van der Waals surface area contributed by atoms with Crippen molar-refractivity contribution in [2.75, 3.05) is 0 Å². The Morgan fingerprint density at radius 2 is 2.32 bits per heavy atom. The second-order valence-corrected chi connectivity index (χ2v) is 5.27. The van der Waals surface area contributed by atoms with Crippen LogP contribution < -0.4 is 11.3 Å². The van der Waals surface area contributed by atoms with E-state index >= 15 is 0 Å². The third kappa shape index (κ3) is 3.09. The van der Waals surface area contributed by atoms with E-state index in [-0.39, 0.29) is 11.1 Å². The first-order valence-electron chi connectivity index (χ1n) is 5.87. The number of hydrazine groups is 1. The molecule has 19 heavy (non-hydrogen) atoms. The number of aromatic nitrogens is 2. The predicted molar refractivity (Wildman–Crippen MR) is 74.5 cm³/mol. The van der Waals surface area contributed by atoms with Gasteiger partial charge in [0.15, 0.2) is 0 Å². The van der Waals surface area contributed by atoms with Crippen molar-refractivity contribution in [2.45, 2.75) is 25.8 Å². The Morgan fingerprint density at radius 3 is 3.00 bits per heavy atom. The molecule has 0 aliphatic rings. The summed E-state index contributed by atoms with van der Waals surface area (Å²) < 4.78 is 17.8. The van der Waals surface area contributed by atoms with Crippen molar-refractivity contribution >= 4 is 23.1 Å². The monoisotopic (exact) mass is 300 g/mol. The van der Waals surface area contributed by atoms with E-state index in [1.165, 1.54) is 17.6 Å². The molecule has 3 N–H and O–H groups in total. The molecule has 4 nitrogen and oxygen atoms in total. The fraction of sp³-hybridized carbons (Fsp3) is 0.333. The zero-order valence-electron chi connectivity index (χ0n) is 10.4. The highest BCUT2D eigenvalue weighted by molar-refractivity contribution is 7.05. The summed E-state index contributed by atoms with van der Waals surface area (Å²) >= 11 is 7.05. The standard InChI is InChI=1S/C12H14ClFN4S/c1-2-9-12(19-18-17-9)10(16-15)6-7-4-3-5-8(13)11(7)14/h3-5,10,16H,2,6,15H2,1H3. The first-order valence-corrected chi connectivity index (χ1v) is 7.02. The van der Waals surface area contributed by atoms with Crippen LogP contribution in [0.5, 0.6) is 0 Å². The van der Waals surface area contributed by atoms with Crippen molar-refractivity contribution in [2.24, 2.45) is 5.84 Å². The highest BCUT2D eigenvalue weighted by Crippen LogP contribution is 2.26. The minimum atomic E-state index is -0.403. The van der Waals surface area contributed by atoms with Gasteiger partial charge in [-0.3, -0.25) is 11.3 Å². The fourth-order valence-corrected chi connectivity index (χ4v) is 2.87. The number of nitrogens with one attached hydrogen (secondary N) is 1. The van der Waals surface area contributed by atoms with Crippen LogP contribution in [-0.2, 0) is 12.8 Å². The van der Waals surface area contributed by atoms with Gasteiger partial charge >= 0.3 is 0 Å². The lowest BCUT2D eigenvalue weighted by molar-refractivity contribution is 0.532. The van der Waals surface area contributed by atoms with Crippen LogP contribution in [0, 0.1) is 5.82 Å². The van der Waals surface area contributed by atoms with E-state index in [0.29, 0.717) is 12.0 Å². The van der Waals surface area contributed by atoms with Gasteiger partial charge in [0.05, 0.1) is 21.6 Å². The molecule has 0 aliphatic carbocycles. The molecule has 1 aromatic heterocycles. The average Bonchev–Trinajstić information content (AvgIpc) is 2.88. The summed E-state index contributed by atoms with van der Waals surface area (Å²) in [5.41, 5.74) is 4.10. The largest absolute Gasteiger partial charge is 0.271 e. The molecule has 7 heteroatoms. The molecule has 0 bridgehead atoms. The Balaban J connectivity index is 2.27. The Kier molecular flexibility index (Phi) is 4.81. The molecule has 0 spiro atoms. The maximum absolute atomic E-state index is 13.9. The van der Waals surface area contributed by atoms with Gasteiger partial charge in [-0.2, -0.15) is 0 Å². The molecule has 0 amide bonds. The summed E-state index contributed by atoms with van der Waals surface area (Å²) in [5, 5.41) is 4.16. The zero-order valence-corrected chi connectivity index (χ0v) is 11.9. The topological polar surface area (TPSA) is 63.8 Å². The maximum Gasteiger partial charge on any atom is 0.145 e. The van der Waals surface area contributed by atoms with Gasteiger partial charge in [-0.15, -0.1) is 5.10 Å². The smallest absolute Gasteiger partial charge is 0.145 e. The van der Waals surface area contributed by atoms with Crippen molar-refractivity contribution in [1.82, 2.24) is 15.0 Å². The van der Waals surface area contributed by atoms with Gasteiger partial charge in [0.25, 0.3) is 0 Å². The van der Waals surface area contributed by atoms with Crippen LogP contribution >= 0.6 is 23.1 Å². The average molecular weight is 301 g/mol. The number of nitrogens with two attached hydrogens (primary N) is 1. The Labute approximate surface area is 119 Å². The van der Waals surface area contributed by atoms with Crippen LogP contribution in [0.3, 0.4) is 0 Å². The van der Waals surface area contributed by atoms with Gasteiger partial charge in [-0.05, 0) is 36.0 Å². The number of benzene rings is 1. The minimum absolute atomic E-state index is 0.117. The molecular formula is C12H14ClFN4S. The van der Waals surface area contributed by atoms with E-state index in [1.54, 1.807) is 12.1 Å². The first-order chi connectivity index (χ1) is 9.17. The van der Waals surface area contributed by atoms with Gasteiger partial charge < -0.3 is 0 Å². The Morgan fingerprint density at radius 1 is 1.53 bits per heavy atom. The lowest BCUT2D eigenvalue weighted by atomic mass is 10.0. The molecule has 0 aliphatic heterocycles. The van der Waals surface area contributed by atoms with Crippen molar-refractivity contribution in [3.05, 3.63) is 45.2 Å². The molecule has 2 aromatic rings. The van der Waals surface area contributed by atoms with Gasteiger partial charge in [-0.1, -0.05) is 35.1 Å². The maximum atomic E-state index is 13.9. The van der Waals surface area contributed by atoms with E-state index in [2.05, 4.69) is 15.0 Å². The third-order valence-corrected chi connectivity index (χ3v) is 4.07. The molecule has 102 valence electrons. The summed E-state index contributed by atoms with van der Waals surface area (Å²) in [7, 11) is 0.